The van der Waals surface area contributed by atoms with Crippen molar-refractivity contribution in [2.75, 3.05) is 27.2 Å². The van der Waals surface area contributed by atoms with Gasteiger partial charge in [0.1, 0.15) is 6.61 Å². The van der Waals surface area contributed by atoms with E-state index in [-0.39, 0.29) is 17.6 Å². The molecule has 20 heavy (non-hydrogen) atoms. The second-order valence-corrected chi connectivity index (χ2v) is 4.38. The van der Waals surface area contributed by atoms with Crippen LogP contribution in [0, 0.1) is 10.1 Å². The van der Waals surface area contributed by atoms with Gasteiger partial charge >= 0.3 is 13.1 Å². The summed E-state index contributed by atoms with van der Waals surface area (Å²) in [5.74, 6) is -0.752. The van der Waals surface area contributed by atoms with Gasteiger partial charge in [-0.15, -0.1) is 0 Å². The largest absolute Gasteiger partial charge is 0.488 e. The highest BCUT2D eigenvalue weighted by Gasteiger charge is 2.20. The molecular weight excluding hydrogens is 267 g/mol. The van der Waals surface area contributed by atoms with E-state index >= 15 is 0 Å². The van der Waals surface area contributed by atoms with Crippen LogP contribution in [0.5, 0.6) is 0 Å². The molecule has 0 aromatic heterocycles. The smallest absolute Gasteiger partial charge is 0.461 e. The van der Waals surface area contributed by atoms with Gasteiger partial charge in [0.05, 0.1) is 10.5 Å². The first-order valence-corrected chi connectivity index (χ1v) is 5.78. The van der Waals surface area contributed by atoms with Crippen LogP contribution in [0.2, 0.25) is 0 Å². The quantitative estimate of drug-likeness (QED) is 0.297. The molecule has 0 saturated carbocycles. The van der Waals surface area contributed by atoms with Gasteiger partial charge in [0.2, 0.25) is 0 Å². The Morgan fingerprint density at radius 3 is 2.55 bits per heavy atom. The maximum absolute atomic E-state index is 11.7. The maximum Gasteiger partial charge on any atom is 0.488 e. The van der Waals surface area contributed by atoms with Crippen LogP contribution in [0.15, 0.2) is 18.2 Å². The van der Waals surface area contributed by atoms with Crippen molar-refractivity contribution in [3.63, 3.8) is 0 Å². The summed E-state index contributed by atoms with van der Waals surface area (Å²) in [5.41, 5.74) is -0.644. The van der Waals surface area contributed by atoms with Crippen LogP contribution in [0.4, 0.5) is 5.69 Å². The zero-order valence-corrected chi connectivity index (χ0v) is 11.1. The fourth-order valence-corrected chi connectivity index (χ4v) is 1.41. The predicted octanol–water partition coefficient (Wildman–Crippen LogP) is -1.01. The van der Waals surface area contributed by atoms with E-state index < -0.39 is 23.7 Å². The van der Waals surface area contributed by atoms with E-state index in [4.69, 9.17) is 14.8 Å². The Morgan fingerprint density at radius 1 is 1.40 bits per heavy atom. The van der Waals surface area contributed by atoms with Crippen molar-refractivity contribution in [3.8, 4) is 0 Å². The Labute approximate surface area is 115 Å². The van der Waals surface area contributed by atoms with E-state index in [2.05, 4.69) is 0 Å². The average Bonchev–Trinajstić information content (AvgIpc) is 2.37. The molecule has 0 saturated heterocycles. The molecule has 0 radical (unpaired) electrons. The van der Waals surface area contributed by atoms with Gasteiger partial charge in [-0.3, -0.25) is 10.1 Å². The second-order valence-electron chi connectivity index (χ2n) is 4.38. The Balaban J connectivity index is 2.92. The maximum atomic E-state index is 11.7. The minimum atomic E-state index is -1.90. The number of esters is 1. The van der Waals surface area contributed by atoms with E-state index in [1.54, 1.807) is 14.1 Å². The summed E-state index contributed by atoms with van der Waals surface area (Å²) in [5, 5.41) is 28.9. The number of nitro benzene ring substituents is 1. The number of non-ortho nitro benzene ring substituents is 1. The van der Waals surface area contributed by atoms with E-state index in [0.717, 1.165) is 18.2 Å². The van der Waals surface area contributed by atoms with Gasteiger partial charge in [-0.25, -0.2) is 4.79 Å². The first-order chi connectivity index (χ1) is 9.31. The number of hydrogen-bond donors (Lipinski definition) is 2. The molecule has 2 N–H and O–H groups in total. The topological polar surface area (TPSA) is 113 Å². The first kappa shape index (κ1) is 16.1. The van der Waals surface area contributed by atoms with Crippen LogP contribution < -0.4 is 5.46 Å². The van der Waals surface area contributed by atoms with Crippen molar-refractivity contribution in [2.24, 2.45) is 0 Å². The fraction of sp³-hybridized carbons (Fsp3) is 0.364. The lowest BCUT2D eigenvalue weighted by Gasteiger charge is -2.10. The Morgan fingerprint density at radius 2 is 2.05 bits per heavy atom. The van der Waals surface area contributed by atoms with E-state index in [9.17, 15) is 14.9 Å². The fourth-order valence-electron chi connectivity index (χ4n) is 1.41. The van der Waals surface area contributed by atoms with E-state index in [0.29, 0.717) is 6.54 Å². The number of carbonyl (C=O) groups excluding carboxylic acids is 1. The molecule has 0 fully saturated rings. The summed E-state index contributed by atoms with van der Waals surface area (Å²) >= 11 is 0. The second kappa shape index (κ2) is 6.99. The van der Waals surface area contributed by atoms with Gasteiger partial charge in [0, 0.05) is 18.7 Å². The molecule has 0 amide bonds. The van der Waals surface area contributed by atoms with Crippen molar-refractivity contribution >= 4 is 24.2 Å². The first-order valence-electron chi connectivity index (χ1n) is 5.78. The summed E-state index contributed by atoms with van der Waals surface area (Å²) in [7, 11) is 1.71. The van der Waals surface area contributed by atoms with Crippen LogP contribution in [-0.2, 0) is 4.74 Å². The molecule has 1 aromatic rings. The van der Waals surface area contributed by atoms with Crippen molar-refractivity contribution in [3.05, 3.63) is 33.9 Å². The number of nitro groups is 1. The van der Waals surface area contributed by atoms with Gasteiger partial charge < -0.3 is 19.7 Å². The van der Waals surface area contributed by atoms with Crippen LogP contribution in [0.25, 0.3) is 0 Å². The Hall–Kier alpha value is -1.97. The monoisotopic (exact) mass is 282 g/mol. The molecule has 1 rings (SSSR count). The van der Waals surface area contributed by atoms with Gasteiger partial charge in [0.25, 0.3) is 5.69 Å². The highest BCUT2D eigenvalue weighted by atomic mass is 16.6. The Bertz CT molecular complexity index is 506. The number of benzene rings is 1. The highest BCUT2D eigenvalue weighted by molar-refractivity contribution is 6.58. The van der Waals surface area contributed by atoms with Crippen molar-refractivity contribution < 1.29 is 24.5 Å². The summed E-state index contributed by atoms with van der Waals surface area (Å²) in [4.78, 5) is 23.6. The standard InChI is InChI=1S/C11H15BN2O6/c1-13(2)3-4-20-11(15)8-5-9(12(16)17)7-10(6-8)14(18)19/h5-7,16-17H,3-4H2,1-2H3. The minimum Gasteiger partial charge on any atom is -0.461 e. The van der Waals surface area contributed by atoms with Gasteiger partial charge in [-0.1, -0.05) is 0 Å². The third-order valence-corrected chi connectivity index (χ3v) is 2.46. The molecular formula is C11H15BN2O6. The van der Waals surface area contributed by atoms with E-state index in [1.165, 1.54) is 0 Å². The van der Waals surface area contributed by atoms with Crippen LogP contribution in [0.1, 0.15) is 10.4 Å². The molecule has 0 aliphatic heterocycles. The zero-order chi connectivity index (χ0) is 15.3. The molecule has 1 aromatic carbocycles. The third-order valence-electron chi connectivity index (χ3n) is 2.46. The highest BCUT2D eigenvalue weighted by Crippen LogP contribution is 2.13. The summed E-state index contributed by atoms with van der Waals surface area (Å²) in [6.07, 6.45) is 0. The number of hydrogen-bond acceptors (Lipinski definition) is 7. The molecule has 0 heterocycles. The number of carbonyl (C=O) groups is 1. The predicted molar refractivity (Wildman–Crippen MR) is 71.8 cm³/mol. The lowest BCUT2D eigenvalue weighted by molar-refractivity contribution is -0.384. The summed E-state index contributed by atoms with van der Waals surface area (Å²) < 4.78 is 4.94. The van der Waals surface area contributed by atoms with Crippen molar-refractivity contribution in [2.45, 2.75) is 0 Å². The SMILES string of the molecule is CN(C)CCOC(=O)c1cc(B(O)O)cc([N+](=O)[O-])c1. The zero-order valence-electron chi connectivity index (χ0n) is 11.1. The Kier molecular flexibility index (Phi) is 5.62. The average molecular weight is 282 g/mol. The molecule has 0 spiro atoms. The van der Waals surface area contributed by atoms with Crippen molar-refractivity contribution in [1.29, 1.82) is 0 Å². The van der Waals surface area contributed by atoms with Crippen molar-refractivity contribution in [1.82, 2.24) is 4.90 Å². The number of likely N-dealkylation sites (N-methyl/N-ethyl adjacent to an activating group) is 1. The summed E-state index contributed by atoms with van der Waals surface area (Å²) in [6, 6.07) is 3.17. The lowest BCUT2D eigenvalue weighted by atomic mass is 9.79. The molecule has 108 valence electrons. The molecule has 9 heteroatoms. The van der Waals surface area contributed by atoms with Crippen LogP contribution in [0.3, 0.4) is 0 Å². The van der Waals surface area contributed by atoms with E-state index in [1.807, 2.05) is 4.90 Å². The van der Waals surface area contributed by atoms with Crippen LogP contribution >= 0.6 is 0 Å². The van der Waals surface area contributed by atoms with Gasteiger partial charge in [0.15, 0.2) is 0 Å². The number of rotatable bonds is 6. The normalized spacial score (nSPS) is 10.4. The minimum absolute atomic E-state index is 0.0962. The third kappa shape index (κ3) is 4.61. The molecule has 8 nitrogen and oxygen atoms in total. The van der Waals surface area contributed by atoms with Gasteiger partial charge in [-0.2, -0.15) is 0 Å². The number of nitrogens with zero attached hydrogens (tertiary/aromatic N) is 2. The molecule has 0 unspecified atom stereocenters. The molecule has 0 atom stereocenters. The van der Waals surface area contributed by atoms with Crippen LogP contribution in [-0.4, -0.2) is 60.2 Å². The molecule has 0 bridgehead atoms. The number of ether oxygens (including phenoxy) is 1. The van der Waals surface area contributed by atoms with Gasteiger partial charge in [-0.05, 0) is 25.6 Å². The summed E-state index contributed by atoms with van der Waals surface area (Å²) in [6.45, 7) is 0.641. The molecule has 0 aliphatic carbocycles. The lowest BCUT2D eigenvalue weighted by Crippen LogP contribution is -2.31. The molecule has 0 aliphatic rings.